The Bertz CT molecular complexity index is 264. The van der Waals surface area contributed by atoms with Crippen molar-refractivity contribution in [2.75, 3.05) is 0 Å². The average molecular weight is 243 g/mol. The third-order valence-electron chi connectivity index (χ3n) is 2.88. The van der Waals surface area contributed by atoms with E-state index in [1.165, 1.54) is 44.2 Å². The highest BCUT2D eigenvalue weighted by molar-refractivity contribution is 9.10. The van der Waals surface area contributed by atoms with Gasteiger partial charge in [0.25, 0.3) is 0 Å². The number of aromatic amines is 1. The van der Waals surface area contributed by atoms with Gasteiger partial charge in [0, 0.05) is 5.69 Å². The monoisotopic (exact) mass is 242 g/mol. The van der Waals surface area contributed by atoms with Gasteiger partial charge in [-0.05, 0) is 28.3 Å². The van der Waals surface area contributed by atoms with Crippen LogP contribution < -0.4 is 0 Å². The second-order valence-corrected chi connectivity index (χ2v) is 4.63. The van der Waals surface area contributed by atoms with E-state index in [-0.39, 0.29) is 0 Å². The van der Waals surface area contributed by atoms with E-state index in [1.807, 2.05) is 0 Å². The number of hydrogen-bond donors (Lipinski definition) is 1. The molecule has 2 rings (SSSR count). The molecule has 13 heavy (non-hydrogen) atoms. The molecule has 1 saturated carbocycles. The third kappa shape index (κ3) is 2.33. The Labute approximate surface area is 87.3 Å². The van der Waals surface area contributed by atoms with Crippen LogP contribution in [0.15, 0.2) is 10.9 Å². The van der Waals surface area contributed by atoms with Gasteiger partial charge in [-0.15, -0.1) is 0 Å². The zero-order valence-corrected chi connectivity index (χ0v) is 9.31. The van der Waals surface area contributed by atoms with Crippen LogP contribution in [-0.2, 0) is 6.42 Å². The number of hydrogen-bond acceptors (Lipinski definition) is 1. The summed E-state index contributed by atoms with van der Waals surface area (Å²) in [6, 6.07) is 0. The van der Waals surface area contributed by atoms with Crippen LogP contribution in [0.1, 0.15) is 37.8 Å². The molecular formula is C10H15BrN2. The van der Waals surface area contributed by atoms with Gasteiger partial charge in [0.1, 0.15) is 4.60 Å². The van der Waals surface area contributed by atoms with E-state index in [0.717, 1.165) is 10.5 Å². The van der Waals surface area contributed by atoms with Crippen LogP contribution in [0.5, 0.6) is 0 Å². The number of nitrogens with zero attached hydrogens (tertiary/aromatic N) is 1. The molecule has 1 aromatic rings. The minimum Gasteiger partial charge on any atom is -0.348 e. The van der Waals surface area contributed by atoms with Gasteiger partial charge >= 0.3 is 0 Å². The minimum absolute atomic E-state index is 0.880. The van der Waals surface area contributed by atoms with Crippen LogP contribution >= 0.6 is 15.9 Å². The second kappa shape index (κ2) is 4.27. The first kappa shape index (κ1) is 9.25. The first-order valence-corrected chi connectivity index (χ1v) is 5.83. The molecule has 3 heteroatoms. The van der Waals surface area contributed by atoms with E-state index >= 15 is 0 Å². The van der Waals surface area contributed by atoms with Gasteiger partial charge in [-0.25, -0.2) is 4.98 Å². The highest BCUT2D eigenvalue weighted by Gasteiger charge is 2.15. The highest BCUT2D eigenvalue weighted by atomic mass is 79.9. The second-order valence-electron chi connectivity index (χ2n) is 3.88. The van der Waals surface area contributed by atoms with Crippen molar-refractivity contribution in [1.29, 1.82) is 0 Å². The van der Waals surface area contributed by atoms with Crippen molar-refractivity contribution in [1.82, 2.24) is 9.97 Å². The maximum Gasteiger partial charge on any atom is 0.127 e. The lowest BCUT2D eigenvalue weighted by Crippen LogP contribution is -2.09. The number of nitrogens with one attached hydrogen (secondary N) is 1. The molecule has 1 aliphatic carbocycles. The smallest absolute Gasteiger partial charge is 0.127 e. The highest BCUT2D eigenvalue weighted by Crippen LogP contribution is 2.27. The van der Waals surface area contributed by atoms with Gasteiger partial charge in [0.05, 0.1) is 6.33 Å². The lowest BCUT2D eigenvalue weighted by atomic mass is 9.86. The topological polar surface area (TPSA) is 28.7 Å². The van der Waals surface area contributed by atoms with Crippen molar-refractivity contribution in [2.45, 2.75) is 38.5 Å². The van der Waals surface area contributed by atoms with Gasteiger partial charge in [-0.3, -0.25) is 0 Å². The Morgan fingerprint density at radius 1 is 1.38 bits per heavy atom. The molecule has 0 atom stereocenters. The Balaban J connectivity index is 1.93. The summed E-state index contributed by atoms with van der Waals surface area (Å²) in [7, 11) is 0. The normalized spacial score (nSPS) is 19.2. The molecular weight excluding hydrogens is 228 g/mol. The predicted octanol–water partition coefficient (Wildman–Crippen LogP) is 3.30. The fourth-order valence-corrected chi connectivity index (χ4v) is 2.51. The van der Waals surface area contributed by atoms with Crippen molar-refractivity contribution in [3.8, 4) is 0 Å². The van der Waals surface area contributed by atoms with Gasteiger partial charge in [0.15, 0.2) is 0 Å². The summed E-state index contributed by atoms with van der Waals surface area (Å²) in [4.78, 5) is 7.34. The molecule has 0 spiro atoms. The predicted molar refractivity (Wildman–Crippen MR) is 56.6 cm³/mol. The zero-order chi connectivity index (χ0) is 9.10. The fourth-order valence-electron chi connectivity index (χ4n) is 2.13. The molecule has 1 aliphatic rings. The fraction of sp³-hybridized carbons (Fsp3) is 0.700. The van der Waals surface area contributed by atoms with Crippen molar-refractivity contribution in [3.63, 3.8) is 0 Å². The van der Waals surface area contributed by atoms with Crippen molar-refractivity contribution >= 4 is 15.9 Å². The van der Waals surface area contributed by atoms with Gasteiger partial charge < -0.3 is 4.98 Å². The van der Waals surface area contributed by atoms with Crippen molar-refractivity contribution < 1.29 is 0 Å². The van der Waals surface area contributed by atoms with Crippen molar-refractivity contribution in [2.24, 2.45) is 5.92 Å². The Hall–Kier alpha value is -0.310. The van der Waals surface area contributed by atoms with Crippen LogP contribution in [0, 0.1) is 5.92 Å². The SMILES string of the molecule is Brc1nc[nH]c1CC1CCCCC1. The molecule has 1 heterocycles. The summed E-state index contributed by atoms with van der Waals surface area (Å²) in [5.41, 5.74) is 1.27. The first-order chi connectivity index (χ1) is 6.36. The molecule has 0 unspecified atom stereocenters. The van der Waals surface area contributed by atoms with E-state index in [9.17, 15) is 0 Å². The van der Waals surface area contributed by atoms with E-state index in [0.29, 0.717) is 0 Å². The molecule has 0 saturated heterocycles. The molecule has 0 aromatic carbocycles. The standard InChI is InChI=1S/C10H15BrN2/c11-10-9(12-7-13-10)6-8-4-2-1-3-5-8/h7-8H,1-6H2,(H,12,13). The first-order valence-electron chi connectivity index (χ1n) is 5.04. The van der Waals surface area contributed by atoms with Crippen LogP contribution in [0.25, 0.3) is 0 Å². The van der Waals surface area contributed by atoms with Crippen molar-refractivity contribution in [3.05, 3.63) is 16.6 Å². The van der Waals surface area contributed by atoms with Crippen LogP contribution in [0.3, 0.4) is 0 Å². The summed E-state index contributed by atoms with van der Waals surface area (Å²) < 4.78 is 0.998. The molecule has 1 N–H and O–H groups in total. The molecule has 0 radical (unpaired) electrons. The van der Waals surface area contributed by atoms with Crippen LogP contribution in [-0.4, -0.2) is 9.97 Å². The lowest BCUT2D eigenvalue weighted by Gasteiger charge is -2.20. The zero-order valence-electron chi connectivity index (χ0n) is 7.72. The molecule has 1 aromatic heterocycles. The largest absolute Gasteiger partial charge is 0.348 e. The number of H-pyrrole nitrogens is 1. The molecule has 1 fully saturated rings. The minimum atomic E-state index is 0.880. The van der Waals surface area contributed by atoms with Gasteiger partial charge in [-0.1, -0.05) is 32.1 Å². The summed E-state index contributed by atoms with van der Waals surface area (Å²) in [6.07, 6.45) is 9.98. The van der Waals surface area contributed by atoms with E-state index < -0.39 is 0 Å². The lowest BCUT2D eigenvalue weighted by molar-refractivity contribution is 0.354. The quantitative estimate of drug-likeness (QED) is 0.848. The van der Waals surface area contributed by atoms with Crippen LogP contribution in [0.2, 0.25) is 0 Å². The average Bonchev–Trinajstić information content (AvgIpc) is 2.54. The molecule has 72 valence electrons. The third-order valence-corrected chi connectivity index (χ3v) is 3.57. The number of halogens is 1. The van der Waals surface area contributed by atoms with E-state index in [1.54, 1.807) is 6.33 Å². The summed E-state index contributed by atoms with van der Waals surface area (Å²) >= 11 is 3.45. The number of imidazole rings is 1. The van der Waals surface area contributed by atoms with E-state index in [4.69, 9.17) is 0 Å². The summed E-state index contributed by atoms with van der Waals surface area (Å²) in [5.74, 6) is 0.880. The maximum absolute atomic E-state index is 4.14. The van der Waals surface area contributed by atoms with Crippen LogP contribution in [0.4, 0.5) is 0 Å². The number of aromatic nitrogens is 2. The van der Waals surface area contributed by atoms with Gasteiger partial charge in [-0.2, -0.15) is 0 Å². The summed E-state index contributed by atoms with van der Waals surface area (Å²) in [6.45, 7) is 0. The Kier molecular flexibility index (Phi) is 3.04. The summed E-state index contributed by atoms with van der Waals surface area (Å²) in [5, 5.41) is 0. The molecule has 0 aliphatic heterocycles. The Morgan fingerprint density at radius 2 is 2.15 bits per heavy atom. The molecule has 0 bridgehead atoms. The Morgan fingerprint density at radius 3 is 2.77 bits per heavy atom. The molecule has 2 nitrogen and oxygen atoms in total. The van der Waals surface area contributed by atoms with Gasteiger partial charge in [0.2, 0.25) is 0 Å². The van der Waals surface area contributed by atoms with E-state index in [2.05, 4.69) is 25.9 Å². The maximum atomic E-state index is 4.14. The molecule has 0 amide bonds. The number of rotatable bonds is 2.